The molecular weight excluding hydrogens is 231 g/mol. The molecule has 88 valence electrons. The third-order valence-corrected chi connectivity index (χ3v) is 2.86. The van der Waals surface area contributed by atoms with Crippen molar-refractivity contribution >= 4 is 17.4 Å². The third kappa shape index (κ3) is 2.80. The molecule has 1 aliphatic rings. The fourth-order valence-electron chi connectivity index (χ4n) is 1.92. The van der Waals surface area contributed by atoms with E-state index in [2.05, 4.69) is 27.2 Å². The predicted molar refractivity (Wildman–Crippen MR) is 61.1 cm³/mol. The molecule has 1 aromatic rings. The summed E-state index contributed by atoms with van der Waals surface area (Å²) >= 11 is 5.62. The van der Waals surface area contributed by atoms with E-state index in [1.54, 1.807) is 0 Å². The van der Waals surface area contributed by atoms with Crippen LogP contribution in [-0.2, 0) is 0 Å². The first-order chi connectivity index (χ1) is 7.65. The number of halogens is 2. The van der Waals surface area contributed by atoms with E-state index in [-0.39, 0.29) is 17.1 Å². The zero-order chi connectivity index (χ0) is 11.5. The minimum Gasteiger partial charge on any atom is -0.363 e. The van der Waals surface area contributed by atoms with Crippen LogP contribution < -0.4 is 5.32 Å². The monoisotopic (exact) mass is 244 g/mol. The van der Waals surface area contributed by atoms with E-state index in [1.165, 1.54) is 0 Å². The van der Waals surface area contributed by atoms with Gasteiger partial charge in [-0.3, -0.25) is 0 Å². The Kier molecular flexibility index (Phi) is 3.56. The Morgan fingerprint density at radius 1 is 1.62 bits per heavy atom. The first kappa shape index (κ1) is 11.5. The Morgan fingerprint density at radius 3 is 3.19 bits per heavy atom. The molecule has 1 aromatic heterocycles. The van der Waals surface area contributed by atoms with Crippen LogP contribution in [-0.4, -0.2) is 41.0 Å². The summed E-state index contributed by atoms with van der Waals surface area (Å²) in [5.74, 6) is -0.266. The number of likely N-dealkylation sites (tertiary alicyclic amines) is 1. The largest absolute Gasteiger partial charge is 0.363 e. The maximum Gasteiger partial charge on any atom is 0.224 e. The zero-order valence-corrected chi connectivity index (χ0v) is 9.84. The van der Waals surface area contributed by atoms with Gasteiger partial charge in [0.25, 0.3) is 0 Å². The van der Waals surface area contributed by atoms with E-state index in [9.17, 15) is 4.39 Å². The Balaban J connectivity index is 2.05. The summed E-state index contributed by atoms with van der Waals surface area (Å²) in [4.78, 5) is 9.63. The molecular formula is C10H14ClFN4. The number of nitrogens with one attached hydrogen (secondary N) is 1. The summed E-state index contributed by atoms with van der Waals surface area (Å²) in [6.07, 6.45) is 3.21. The van der Waals surface area contributed by atoms with Crippen LogP contribution >= 0.6 is 11.6 Å². The third-order valence-electron chi connectivity index (χ3n) is 2.68. The maximum absolute atomic E-state index is 13.4. The van der Waals surface area contributed by atoms with Crippen LogP contribution in [0.5, 0.6) is 0 Å². The second kappa shape index (κ2) is 4.93. The van der Waals surface area contributed by atoms with Gasteiger partial charge in [-0.25, -0.2) is 9.37 Å². The molecule has 0 radical (unpaired) electrons. The molecule has 0 saturated carbocycles. The van der Waals surface area contributed by atoms with Gasteiger partial charge in [-0.05, 0) is 38.0 Å². The minimum absolute atomic E-state index is 0.0630. The van der Waals surface area contributed by atoms with Gasteiger partial charge >= 0.3 is 0 Å². The van der Waals surface area contributed by atoms with Gasteiger partial charge in [-0.2, -0.15) is 4.98 Å². The van der Waals surface area contributed by atoms with E-state index in [0.29, 0.717) is 0 Å². The van der Waals surface area contributed by atoms with E-state index < -0.39 is 5.82 Å². The fourth-order valence-corrected chi connectivity index (χ4v) is 2.06. The molecule has 1 atom stereocenters. The molecule has 2 heterocycles. The van der Waals surface area contributed by atoms with Crippen molar-refractivity contribution in [3.63, 3.8) is 0 Å². The Labute approximate surface area is 98.8 Å². The summed E-state index contributed by atoms with van der Waals surface area (Å²) in [5.41, 5.74) is 0. The molecule has 1 fully saturated rings. The lowest BCUT2D eigenvalue weighted by Crippen LogP contribution is -2.40. The highest BCUT2D eigenvalue weighted by molar-refractivity contribution is 6.28. The van der Waals surface area contributed by atoms with Gasteiger partial charge in [0.1, 0.15) is 0 Å². The van der Waals surface area contributed by atoms with Gasteiger partial charge in [0.05, 0.1) is 6.20 Å². The molecule has 6 heteroatoms. The number of likely N-dealkylation sites (N-methyl/N-ethyl adjacent to an activating group) is 1. The topological polar surface area (TPSA) is 41.0 Å². The second-order valence-corrected chi connectivity index (χ2v) is 4.42. The van der Waals surface area contributed by atoms with Crippen molar-refractivity contribution in [2.75, 3.05) is 25.5 Å². The molecule has 4 nitrogen and oxygen atoms in total. The van der Waals surface area contributed by atoms with E-state index in [4.69, 9.17) is 11.6 Å². The molecule has 0 spiro atoms. The van der Waals surface area contributed by atoms with E-state index >= 15 is 0 Å². The molecule has 0 bridgehead atoms. The highest BCUT2D eigenvalue weighted by Gasteiger charge is 2.18. The molecule has 1 N–H and O–H groups in total. The van der Waals surface area contributed by atoms with Gasteiger partial charge in [-0.1, -0.05) is 0 Å². The van der Waals surface area contributed by atoms with Crippen LogP contribution in [0.25, 0.3) is 0 Å². The summed E-state index contributed by atoms with van der Waals surface area (Å²) < 4.78 is 13.4. The Bertz CT molecular complexity index is 374. The normalized spacial score (nSPS) is 22.1. The van der Waals surface area contributed by atoms with Crippen LogP contribution in [0, 0.1) is 5.82 Å². The molecule has 0 amide bonds. The van der Waals surface area contributed by atoms with Gasteiger partial charge in [-0.15, -0.1) is 0 Å². The summed E-state index contributed by atoms with van der Waals surface area (Å²) in [6.45, 7) is 1.98. The average molecular weight is 245 g/mol. The molecule has 2 rings (SSSR count). The van der Waals surface area contributed by atoms with Crippen LogP contribution in [0.3, 0.4) is 0 Å². The predicted octanol–water partition coefficient (Wildman–Crippen LogP) is 1.78. The molecule has 16 heavy (non-hydrogen) atoms. The number of piperidine rings is 1. The number of aromatic nitrogens is 2. The molecule has 0 aromatic carbocycles. The van der Waals surface area contributed by atoms with Crippen LogP contribution in [0.15, 0.2) is 6.20 Å². The smallest absolute Gasteiger partial charge is 0.224 e. The van der Waals surface area contributed by atoms with Crippen molar-refractivity contribution in [2.24, 2.45) is 0 Å². The molecule has 1 saturated heterocycles. The quantitative estimate of drug-likeness (QED) is 0.806. The van der Waals surface area contributed by atoms with Crippen LogP contribution in [0.1, 0.15) is 12.8 Å². The number of hydrogen-bond donors (Lipinski definition) is 1. The van der Waals surface area contributed by atoms with Crippen molar-refractivity contribution in [3.05, 3.63) is 17.3 Å². The number of hydrogen-bond acceptors (Lipinski definition) is 4. The highest BCUT2D eigenvalue weighted by Crippen LogP contribution is 2.17. The van der Waals surface area contributed by atoms with Gasteiger partial charge in [0, 0.05) is 12.6 Å². The van der Waals surface area contributed by atoms with Gasteiger partial charge in [0.15, 0.2) is 11.6 Å². The lowest BCUT2D eigenvalue weighted by atomic mass is 10.1. The maximum atomic E-state index is 13.4. The number of anilines is 1. The van der Waals surface area contributed by atoms with E-state index in [0.717, 1.165) is 32.1 Å². The lowest BCUT2D eigenvalue weighted by Gasteiger charge is -2.30. The summed E-state index contributed by atoms with van der Waals surface area (Å²) in [5, 5.41) is 3.13. The molecule has 1 aliphatic heterocycles. The van der Waals surface area contributed by atoms with Crippen molar-refractivity contribution in [3.8, 4) is 0 Å². The molecule has 1 unspecified atom stereocenters. The first-order valence-electron chi connectivity index (χ1n) is 5.28. The van der Waals surface area contributed by atoms with Crippen molar-refractivity contribution in [2.45, 2.75) is 18.9 Å². The van der Waals surface area contributed by atoms with Gasteiger partial charge < -0.3 is 10.2 Å². The highest BCUT2D eigenvalue weighted by atomic mass is 35.5. The van der Waals surface area contributed by atoms with Crippen molar-refractivity contribution in [1.29, 1.82) is 0 Å². The van der Waals surface area contributed by atoms with Crippen molar-refractivity contribution < 1.29 is 4.39 Å². The summed E-state index contributed by atoms with van der Waals surface area (Å²) in [7, 11) is 2.05. The standard InChI is InChI=1S/C10H14ClFN4/c1-16-4-2-3-7(6-16)14-9-8(12)5-13-10(11)15-9/h5,7H,2-4,6H2,1H3,(H,13,14,15). The van der Waals surface area contributed by atoms with Crippen molar-refractivity contribution in [1.82, 2.24) is 14.9 Å². The lowest BCUT2D eigenvalue weighted by molar-refractivity contribution is 0.260. The average Bonchev–Trinajstić information content (AvgIpc) is 2.24. The first-order valence-corrected chi connectivity index (χ1v) is 5.66. The van der Waals surface area contributed by atoms with Crippen LogP contribution in [0.4, 0.5) is 10.2 Å². The summed E-state index contributed by atoms with van der Waals surface area (Å²) in [6, 6.07) is 0.221. The van der Waals surface area contributed by atoms with E-state index in [1.807, 2.05) is 0 Å². The van der Waals surface area contributed by atoms with Gasteiger partial charge in [0.2, 0.25) is 5.28 Å². The zero-order valence-electron chi connectivity index (χ0n) is 9.08. The Hall–Kier alpha value is -0.940. The minimum atomic E-state index is -0.461. The number of rotatable bonds is 2. The fraction of sp³-hybridized carbons (Fsp3) is 0.600. The Morgan fingerprint density at radius 2 is 2.44 bits per heavy atom. The van der Waals surface area contributed by atoms with Crippen LogP contribution in [0.2, 0.25) is 5.28 Å². The SMILES string of the molecule is CN1CCCC(Nc2nc(Cl)ncc2F)C1. The molecule has 0 aliphatic carbocycles. The number of nitrogens with zero attached hydrogens (tertiary/aromatic N) is 3. The second-order valence-electron chi connectivity index (χ2n) is 4.08.